The fourth-order valence-corrected chi connectivity index (χ4v) is 1.42. The number of benzene rings is 1. The Bertz CT molecular complexity index is 421. The molecule has 0 radical (unpaired) electrons. The van der Waals surface area contributed by atoms with Crippen molar-refractivity contribution >= 4 is 12.0 Å². The van der Waals surface area contributed by atoms with Crippen LogP contribution in [-0.4, -0.2) is 25.8 Å². The van der Waals surface area contributed by atoms with E-state index < -0.39 is 0 Å². The Morgan fingerprint density at radius 3 is 2.68 bits per heavy atom. The van der Waals surface area contributed by atoms with Gasteiger partial charge in [-0.15, -0.1) is 0 Å². The fraction of sp³-hybridized carbons (Fsp3) is 0.312. The van der Waals surface area contributed by atoms with E-state index in [4.69, 9.17) is 9.47 Å². The number of carbonyl (C=O) groups excluding carboxylic acids is 1. The molecule has 0 saturated heterocycles. The molecule has 0 fully saturated rings. The van der Waals surface area contributed by atoms with Crippen molar-refractivity contribution in [1.82, 2.24) is 0 Å². The molecule has 19 heavy (non-hydrogen) atoms. The van der Waals surface area contributed by atoms with Crippen molar-refractivity contribution in [1.29, 1.82) is 0 Å². The van der Waals surface area contributed by atoms with Gasteiger partial charge in [0.2, 0.25) is 0 Å². The summed E-state index contributed by atoms with van der Waals surface area (Å²) in [5, 5.41) is 0. The first-order valence-electron chi connectivity index (χ1n) is 6.38. The predicted molar refractivity (Wildman–Crippen MR) is 76.7 cm³/mol. The molecule has 3 heteroatoms. The van der Waals surface area contributed by atoms with Crippen molar-refractivity contribution in [2.24, 2.45) is 0 Å². The van der Waals surface area contributed by atoms with Crippen molar-refractivity contribution in [3.63, 3.8) is 0 Å². The quantitative estimate of drug-likeness (QED) is 0.409. The summed E-state index contributed by atoms with van der Waals surface area (Å²) >= 11 is 0. The molecule has 0 bridgehead atoms. The van der Waals surface area contributed by atoms with Crippen LogP contribution >= 0.6 is 0 Å². The summed E-state index contributed by atoms with van der Waals surface area (Å²) in [6.45, 7) is 6.94. The van der Waals surface area contributed by atoms with E-state index in [1.165, 1.54) is 0 Å². The van der Waals surface area contributed by atoms with E-state index >= 15 is 0 Å². The zero-order chi connectivity index (χ0) is 13.9. The van der Waals surface area contributed by atoms with Crippen LogP contribution in [0.4, 0.5) is 0 Å². The predicted octanol–water partition coefficient (Wildman–Crippen LogP) is 3.23. The number of ether oxygens (including phenoxy) is 2. The highest BCUT2D eigenvalue weighted by Gasteiger charge is 2.06. The molecule has 0 saturated carbocycles. The maximum atomic E-state index is 11.5. The lowest BCUT2D eigenvalue weighted by molar-refractivity contribution is -0.140. The highest BCUT2D eigenvalue weighted by atomic mass is 16.6. The molecule has 0 heterocycles. The molecule has 0 spiro atoms. The molecular formula is C16H20O3. The van der Waals surface area contributed by atoms with Crippen molar-refractivity contribution in [2.75, 3.05) is 19.8 Å². The van der Waals surface area contributed by atoms with Crippen LogP contribution in [0.2, 0.25) is 0 Å². The van der Waals surface area contributed by atoms with Gasteiger partial charge in [0.1, 0.15) is 6.61 Å². The van der Waals surface area contributed by atoms with Crippen LogP contribution in [0.1, 0.15) is 18.9 Å². The van der Waals surface area contributed by atoms with Crippen LogP contribution in [0.5, 0.6) is 0 Å². The summed E-state index contributed by atoms with van der Waals surface area (Å²) in [6, 6.07) is 9.90. The zero-order valence-corrected chi connectivity index (χ0v) is 11.3. The third-order valence-electron chi connectivity index (χ3n) is 2.43. The number of hydrogen-bond acceptors (Lipinski definition) is 3. The van der Waals surface area contributed by atoms with Gasteiger partial charge in [0.15, 0.2) is 0 Å². The maximum Gasteiger partial charge on any atom is 0.333 e. The maximum absolute atomic E-state index is 11.5. The highest BCUT2D eigenvalue weighted by molar-refractivity contribution is 5.88. The normalized spacial score (nSPS) is 10.6. The minimum atomic E-state index is -0.364. The molecule has 1 rings (SSSR count). The third kappa shape index (κ3) is 6.58. The average molecular weight is 260 g/mol. The van der Waals surface area contributed by atoms with Gasteiger partial charge in [0, 0.05) is 12.2 Å². The molecule has 0 aromatic heterocycles. The van der Waals surface area contributed by atoms with Crippen LogP contribution in [-0.2, 0) is 14.3 Å². The molecule has 0 atom stereocenters. The molecule has 102 valence electrons. The van der Waals surface area contributed by atoms with E-state index in [0.29, 0.717) is 25.2 Å². The van der Waals surface area contributed by atoms with Crippen LogP contribution in [0.3, 0.4) is 0 Å². The summed E-state index contributed by atoms with van der Waals surface area (Å²) in [4.78, 5) is 11.5. The van der Waals surface area contributed by atoms with Crippen LogP contribution in [0, 0.1) is 0 Å². The number of rotatable bonds is 8. The minimum absolute atomic E-state index is 0.272. The van der Waals surface area contributed by atoms with Crippen LogP contribution < -0.4 is 0 Å². The van der Waals surface area contributed by atoms with Crippen LogP contribution in [0.25, 0.3) is 6.08 Å². The zero-order valence-electron chi connectivity index (χ0n) is 11.3. The number of esters is 1. The molecule has 0 unspecified atom stereocenters. The Hall–Kier alpha value is -1.87. The lowest BCUT2D eigenvalue weighted by Crippen LogP contribution is -2.11. The second-order valence-corrected chi connectivity index (χ2v) is 3.95. The lowest BCUT2D eigenvalue weighted by Gasteiger charge is -2.05. The van der Waals surface area contributed by atoms with Gasteiger partial charge in [-0.2, -0.15) is 0 Å². The van der Waals surface area contributed by atoms with Gasteiger partial charge in [-0.05, 0) is 18.9 Å². The Kier molecular flexibility index (Phi) is 7.28. The first kappa shape index (κ1) is 15.2. The monoisotopic (exact) mass is 260 g/mol. The highest BCUT2D eigenvalue weighted by Crippen LogP contribution is 2.06. The third-order valence-corrected chi connectivity index (χ3v) is 2.43. The summed E-state index contributed by atoms with van der Waals surface area (Å²) < 4.78 is 10.1. The first-order valence-corrected chi connectivity index (χ1v) is 6.38. The molecule has 1 aromatic rings. The molecule has 3 nitrogen and oxygen atoms in total. The van der Waals surface area contributed by atoms with Crippen molar-refractivity contribution in [2.45, 2.75) is 13.3 Å². The van der Waals surface area contributed by atoms with Gasteiger partial charge in [-0.25, -0.2) is 4.79 Å². The molecular weight excluding hydrogens is 240 g/mol. The van der Waals surface area contributed by atoms with Crippen molar-refractivity contribution in [3.8, 4) is 0 Å². The summed E-state index contributed by atoms with van der Waals surface area (Å²) in [7, 11) is 0. The van der Waals surface area contributed by atoms with Gasteiger partial charge in [-0.3, -0.25) is 0 Å². The van der Waals surface area contributed by atoms with Gasteiger partial charge >= 0.3 is 5.97 Å². The number of hydrogen-bond donors (Lipinski definition) is 0. The van der Waals surface area contributed by atoms with Crippen molar-refractivity contribution < 1.29 is 14.3 Å². The Morgan fingerprint density at radius 2 is 2.00 bits per heavy atom. The Balaban J connectivity index is 2.27. The van der Waals surface area contributed by atoms with E-state index in [2.05, 4.69) is 6.58 Å². The van der Waals surface area contributed by atoms with Gasteiger partial charge in [0.05, 0.1) is 6.61 Å². The summed E-state index contributed by atoms with van der Waals surface area (Å²) in [6.07, 6.45) is 4.35. The van der Waals surface area contributed by atoms with Crippen molar-refractivity contribution in [3.05, 3.63) is 54.1 Å². The Morgan fingerprint density at radius 1 is 1.26 bits per heavy atom. The molecule has 0 aliphatic rings. The number of allylic oxidation sites excluding steroid dienone is 1. The van der Waals surface area contributed by atoms with Gasteiger partial charge in [0.25, 0.3) is 0 Å². The second-order valence-electron chi connectivity index (χ2n) is 3.95. The SMILES string of the molecule is C=C(CC=Cc1ccccc1)C(=O)OCCOCC. The average Bonchev–Trinajstić information content (AvgIpc) is 2.44. The Labute approximate surface area is 114 Å². The van der Waals surface area contributed by atoms with Gasteiger partial charge in [-0.1, -0.05) is 49.1 Å². The van der Waals surface area contributed by atoms with E-state index in [0.717, 1.165) is 5.56 Å². The topological polar surface area (TPSA) is 35.5 Å². The standard InChI is InChI=1S/C16H20O3/c1-3-18-12-13-19-16(17)14(2)8-7-11-15-9-5-4-6-10-15/h4-7,9-11H,2-3,8,12-13H2,1H3. The van der Waals surface area contributed by atoms with E-state index in [1.807, 2.05) is 49.4 Å². The van der Waals surface area contributed by atoms with E-state index in [9.17, 15) is 4.79 Å². The first-order chi connectivity index (χ1) is 9.24. The lowest BCUT2D eigenvalue weighted by atomic mass is 10.1. The molecule has 0 N–H and O–H groups in total. The molecule has 0 amide bonds. The molecule has 1 aromatic carbocycles. The molecule has 0 aliphatic heterocycles. The fourth-order valence-electron chi connectivity index (χ4n) is 1.42. The molecule has 0 aliphatic carbocycles. The summed E-state index contributed by atoms with van der Waals surface area (Å²) in [5.41, 5.74) is 1.55. The smallest absolute Gasteiger partial charge is 0.333 e. The minimum Gasteiger partial charge on any atom is -0.460 e. The van der Waals surface area contributed by atoms with E-state index in [-0.39, 0.29) is 12.6 Å². The largest absolute Gasteiger partial charge is 0.460 e. The summed E-state index contributed by atoms with van der Waals surface area (Å²) in [5.74, 6) is -0.364. The second kappa shape index (κ2) is 9.11. The number of carbonyl (C=O) groups is 1. The van der Waals surface area contributed by atoms with E-state index in [1.54, 1.807) is 0 Å². The van der Waals surface area contributed by atoms with Gasteiger partial charge < -0.3 is 9.47 Å². The van der Waals surface area contributed by atoms with Crippen LogP contribution in [0.15, 0.2) is 48.6 Å².